The summed E-state index contributed by atoms with van der Waals surface area (Å²) < 4.78 is 13.1. The van der Waals surface area contributed by atoms with Crippen LogP contribution in [0.2, 0.25) is 0 Å². The summed E-state index contributed by atoms with van der Waals surface area (Å²) in [6, 6.07) is 5.33. The number of hydrogen-bond donors (Lipinski definition) is 2. The Morgan fingerprint density at radius 3 is 2.57 bits per heavy atom. The van der Waals surface area contributed by atoms with Gasteiger partial charge in [0.1, 0.15) is 16.9 Å². The highest BCUT2D eigenvalue weighted by Gasteiger charge is 2.27. The molecule has 2 aromatic rings. The molecule has 1 aliphatic rings. The molecule has 1 aliphatic carbocycles. The number of nitrogens with zero attached hydrogens (tertiary/aromatic N) is 2. The number of carbonyl (C=O) groups is 2. The van der Waals surface area contributed by atoms with Gasteiger partial charge < -0.3 is 5.32 Å². The number of nitrogens with one attached hydrogen (secondary N) is 2. The van der Waals surface area contributed by atoms with Crippen LogP contribution in [0.1, 0.15) is 58.8 Å². The monoisotopic (exact) mass is 432 g/mol. The summed E-state index contributed by atoms with van der Waals surface area (Å²) in [5.41, 5.74) is 0.730. The van der Waals surface area contributed by atoms with Crippen molar-refractivity contribution in [3.05, 3.63) is 30.1 Å². The molecule has 1 fully saturated rings. The SMILES string of the molecule is CCC(C)C(NC(=O)CCC1CCCC1)C(=O)Nc1nnc(-c2ccc(F)cc2)s1. The molecule has 6 nitrogen and oxygen atoms in total. The first-order valence-electron chi connectivity index (χ1n) is 10.7. The summed E-state index contributed by atoms with van der Waals surface area (Å²) in [6.45, 7) is 3.94. The summed E-state index contributed by atoms with van der Waals surface area (Å²) in [5, 5.41) is 14.7. The number of hydrogen-bond acceptors (Lipinski definition) is 5. The topological polar surface area (TPSA) is 84.0 Å². The third kappa shape index (κ3) is 6.08. The molecule has 2 unspecified atom stereocenters. The third-order valence-corrected chi connectivity index (χ3v) is 6.70. The van der Waals surface area contributed by atoms with Crippen molar-refractivity contribution in [2.75, 3.05) is 5.32 Å². The van der Waals surface area contributed by atoms with E-state index in [-0.39, 0.29) is 23.5 Å². The van der Waals surface area contributed by atoms with Crippen molar-refractivity contribution in [2.45, 2.75) is 64.8 Å². The van der Waals surface area contributed by atoms with E-state index < -0.39 is 6.04 Å². The van der Waals surface area contributed by atoms with Crippen LogP contribution in [0.3, 0.4) is 0 Å². The van der Waals surface area contributed by atoms with Gasteiger partial charge in [0.25, 0.3) is 0 Å². The number of halogens is 1. The smallest absolute Gasteiger partial charge is 0.249 e. The van der Waals surface area contributed by atoms with Gasteiger partial charge in [0.2, 0.25) is 16.9 Å². The largest absolute Gasteiger partial charge is 0.344 e. The minimum absolute atomic E-state index is 0.00933. The first-order chi connectivity index (χ1) is 14.5. The Hall–Kier alpha value is -2.35. The number of anilines is 1. The number of carbonyl (C=O) groups excluding carboxylic acids is 2. The van der Waals surface area contributed by atoms with Gasteiger partial charge in [-0.15, -0.1) is 10.2 Å². The van der Waals surface area contributed by atoms with Crippen LogP contribution >= 0.6 is 11.3 Å². The number of benzene rings is 1. The molecule has 30 heavy (non-hydrogen) atoms. The molecule has 0 saturated heterocycles. The van der Waals surface area contributed by atoms with Crippen LogP contribution < -0.4 is 10.6 Å². The van der Waals surface area contributed by atoms with Crippen molar-refractivity contribution in [3.8, 4) is 10.6 Å². The third-order valence-electron chi connectivity index (χ3n) is 5.81. The lowest BCUT2D eigenvalue weighted by Gasteiger charge is -2.23. The Kier molecular flexibility index (Phi) is 7.90. The fraction of sp³-hybridized carbons (Fsp3) is 0.545. The zero-order chi connectivity index (χ0) is 21.5. The molecule has 3 rings (SSSR count). The molecule has 2 atom stereocenters. The first-order valence-corrected chi connectivity index (χ1v) is 11.5. The second-order valence-corrected chi connectivity index (χ2v) is 9.01. The average Bonchev–Trinajstić information content (AvgIpc) is 3.42. The van der Waals surface area contributed by atoms with Gasteiger partial charge in [-0.2, -0.15) is 0 Å². The molecule has 2 amide bonds. The van der Waals surface area contributed by atoms with E-state index in [2.05, 4.69) is 20.8 Å². The maximum absolute atomic E-state index is 13.1. The first kappa shape index (κ1) is 22.3. The Bertz CT molecular complexity index is 849. The van der Waals surface area contributed by atoms with E-state index in [1.54, 1.807) is 12.1 Å². The second kappa shape index (κ2) is 10.6. The van der Waals surface area contributed by atoms with E-state index >= 15 is 0 Å². The molecular weight excluding hydrogens is 403 g/mol. The van der Waals surface area contributed by atoms with Crippen molar-refractivity contribution in [3.63, 3.8) is 0 Å². The summed E-state index contributed by atoms with van der Waals surface area (Å²) in [4.78, 5) is 25.3. The molecule has 0 bridgehead atoms. The zero-order valence-electron chi connectivity index (χ0n) is 17.5. The minimum Gasteiger partial charge on any atom is -0.344 e. The highest BCUT2D eigenvalue weighted by molar-refractivity contribution is 7.18. The molecule has 2 N–H and O–H groups in total. The van der Waals surface area contributed by atoms with Gasteiger partial charge in [-0.05, 0) is 42.5 Å². The van der Waals surface area contributed by atoms with Crippen molar-refractivity contribution >= 4 is 28.3 Å². The van der Waals surface area contributed by atoms with Crippen LogP contribution in [0.5, 0.6) is 0 Å². The molecule has 8 heteroatoms. The highest BCUT2D eigenvalue weighted by Crippen LogP contribution is 2.29. The lowest BCUT2D eigenvalue weighted by molar-refractivity contribution is -0.127. The van der Waals surface area contributed by atoms with E-state index in [9.17, 15) is 14.0 Å². The molecule has 0 aliphatic heterocycles. The van der Waals surface area contributed by atoms with Gasteiger partial charge >= 0.3 is 0 Å². The van der Waals surface area contributed by atoms with Crippen molar-refractivity contribution in [1.82, 2.24) is 15.5 Å². The molecule has 0 radical (unpaired) electrons. The quantitative estimate of drug-likeness (QED) is 0.597. The standard InChI is InChI=1S/C22H29FN4O2S/c1-3-14(2)19(24-18(28)13-8-15-6-4-5-7-15)20(29)25-22-27-26-21(30-22)16-9-11-17(23)12-10-16/h9-12,14-15,19H,3-8,13H2,1-2H3,(H,24,28)(H,25,27,29). The Balaban J connectivity index is 1.59. The highest BCUT2D eigenvalue weighted by atomic mass is 32.1. The number of amides is 2. The fourth-order valence-corrected chi connectivity index (χ4v) is 4.50. The average molecular weight is 433 g/mol. The van der Waals surface area contributed by atoms with Gasteiger partial charge in [0.15, 0.2) is 0 Å². The van der Waals surface area contributed by atoms with Gasteiger partial charge in [0.05, 0.1) is 0 Å². The van der Waals surface area contributed by atoms with Gasteiger partial charge in [-0.1, -0.05) is 57.3 Å². The molecule has 0 spiro atoms. The lowest BCUT2D eigenvalue weighted by atomic mass is 9.97. The summed E-state index contributed by atoms with van der Waals surface area (Å²) in [7, 11) is 0. The second-order valence-electron chi connectivity index (χ2n) is 8.03. The van der Waals surface area contributed by atoms with Crippen molar-refractivity contribution in [2.24, 2.45) is 11.8 Å². The Morgan fingerprint density at radius 2 is 1.90 bits per heavy atom. The van der Waals surface area contributed by atoms with Crippen molar-refractivity contribution in [1.29, 1.82) is 0 Å². The van der Waals surface area contributed by atoms with Crippen LogP contribution in [0.4, 0.5) is 9.52 Å². The summed E-state index contributed by atoms with van der Waals surface area (Å²) in [5.74, 6) is -0.0633. The fourth-order valence-electron chi connectivity index (χ4n) is 3.75. The molecule has 1 saturated carbocycles. The molecule has 1 aromatic carbocycles. The van der Waals surface area contributed by atoms with Crippen LogP contribution in [0.15, 0.2) is 24.3 Å². The zero-order valence-corrected chi connectivity index (χ0v) is 18.3. The Labute approximate surface area is 180 Å². The van der Waals surface area contributed by atoms with Crippen LogP contribution in [-0.4, -0.2) is 28.1 Å². The number of rotatable bonds is 9. The normalized spacial score (nSPS) is 16.2. The van der Waals surface area contributed by atoms with Gasteiger partial charge in [-0.3, -0.25) is 14.9 Å². The molecule has 1 heterocycles. The molecular formula is C22H29FN4O2S. The van der Waals surface area contributed by atoms with Crippen LogP contribution in [0, 0.1) is 17.7 Å². The lowest BCUT2D eigenvalue weighted by Crippen LogP contribution is -2.47. The van der Waals surface area contributed by atoms with E-state index in [0.717, 1.165) is 18.4 Å². The van der Waals surface area contributed by atoms with E-state index in [1.165, 1.54) is 49.2 Å². The maximum Gasteiger partial charge on any atom is 0.249 e. The summed E-state index contributed by atoms with van der Waals surface area (Å²) in [6.07, 6.45) is 7.03. The van der Waals surface area contributed by atoms with E-state index in [4.69, 9.17) is 0 Å². The van der Waals surface area contributed by atoms with Gasteiger partial charge in [0, 0.05) is 12.0 Å². The van der Waals surface area contributed by atoms with Gasteiger partial charge in [-0.25, -0.2) is 4.39 Å². The van der Waals surface area contributed by atoms with E-state index in [0.29, 0.717) is 22.5 Å². The van der Waals surface area contributed by atoms with Crippen molar-refractivity contribution < 1.29 is 14.0 Å². The minimum atomic E-state index is -0.621. The van der Waals surface area contributed by atoms with Crippen LogP contribution in [-0.2, 0) is 9.59 Å². The van der Waals surface area contributed by atoms with Crippen LogP contribution in [0.25, 0.3) is 10.6 Å². The van der Waals surface area contributed by atoms with E-state index in [1.807, 2.05) is 13.8 Å². The maximum atomic E-state index is 13.1. The molecule has 1 aromatic heterocycles. The summed E-state index contributed by atoms with van der Waals surface area (Å²) >= 11 is 1.21. The predicted molar refractivity (Wildman–Crippen MR) is 117 cm³/mol. The Morgan fingerprint density at radius 1 is 1.20 bits per heavy atom. The predicted octanol–water partition coefficient (Wildman–Crippen LogP) is 4.78. The number of aromatic nitrogens is 2. The molecule has 162 valence electrons.